The summed E-state index contributed by atoms with van der Waals surface area (Å²) in [7, 11) is 8.35. The van der Waals surface area contributed by atoms with Gasteiger partial charge in [0.2, 0.25) is 0 Å². The summed E-state index contributed by atoms with van der Waals surface area (Å²) in [6, 6.07) is 0. The molecule has 0 fully saturated rings. The van der Waals surface area contributed by atoms with Gasteiger partial charge in [-0.3, -0.25) is 0 Å². The molecule has 0 aromatic rings. The van der Waals surface area contributed by atoms with Crippen molar-refractivity contribution in [2.24, 2.45) is 0 Å². The summed E-state index contributed by atoms with van der Waals surface area (Å²) in [5.74, 6) is -1.84. The Hall–Kier alpha value is -0.517. The van der Waals surface area contributed by atoms with Gasteiger partial charge in [-0.25, -0.2) is 0 Å². The Morgan fingerprint density at radius 3 is 1.07 bits per heavy atom. The topological polar surface area (TPSA) is 86.7 Å². The number of carboxylic acid groups (broad SMARTS) is 2. The van der Waals surface area contributed by atoms with Crippen LogP contribution in [-0.2, 0) is 29.1 Å². The van der Waals surface area contributed by atoms with Crippen LogP contribution in [0.2, 0.25) is 0 Å². The van der Waals surface area contributed by atoms with Crippen LogP contribution in [0.4, 0.5) is 0 Å². The molecule has 0 aromatic carbocycles. The number of hydrogen-bond acceptors (Lipinski definition) is 6. The van der Waals surface area contributed by atoms with E-state index >= 15 is 0 Å². The van der Waals surface area contributed by atoms with Crippen molar-refractivity contribution in [1.29, 1.82) is 0 Å². The smallest absolute Gasteiger partial charge is 0.550 e. The third kappa shape index (κ3) is 52.2. The molecule has 0 saturated carbocycles. The number of unbranched alkanes of at least 4 members (excludes halogenated alkanes) is 8. The van der Waals surface area contributed by atoms with E-state index in [2.05, 4.69) is 51.8 Å². The van der Waals surface area contributed by atoms with Crippen molar-refractivity contribution in [1.82, 2.24) is 9.80 Å². The van der Waals surface area contributed by atoms with Gasteiger partial charge in [-0.05, 0) is 53.9 Å². The van der Waals surface area contributed by atoms with Gasteiger partial charge in [0.05, 0.1) is 0 Å². The first-order valence-electron chi connectivity index (χ1n) is 10.9. The Morgan fingerprint density at radius 2 is 0.862 bits per heavy atom. The molecule has 0 heterocycles. The van der Waals surface area contributed by atoms with Crippen LogP contribution in [0.25, 0.3) is 0 Å². The van der Waals surface area contributed by atoms with Gasteiger partial charge in [-0.1, -0.05) is 65.2 Å². The average molecular weight is 468 g/mol. The molecule has 0 saturated heterocycles. The van der Waals surface area contributed by atoms with Gasteiger partial charge in [0.15, 0.2) is 0 Å². The standard InChI is InChI=1S/2C8H16O2.C6H16N2.Zn/c2*1-2-3-4-5-6-7-8(9)10;1-7(2)5-6-8(3)4;/h2*2-7H2,1H3,(H,9,10);5-6H2,1-4H3;/q;;;+2/p-2. The first-order valence-corrected chi connectivity index (χ1v) is 10.9. The average Bonchev–Trinajstić information content (AvgIpc) is 2.60. The number of carbonyl (C=O) groups excluding carboxylic acids is 2. The molecule has 6 nitrogen and oxygen atoms in total. The van der Waals surface area contributed by atoms with Crippen LogP contribution in [0.3, 0.4) is 0 Å². The van der Waals surface area contributed by atoms with Crippen molar-refractivity contribution in [3.8, 4) is 0 Å². The summed E-state index contributed by atoms with van der Waals surface area (Å²) in [6.45, 7) is 6.57. The fraction of sp³-hybridized carbons (Fsp3) is 0.909. The van der Waals surface area contributed by atoms with Crippen molar-refractivity contribution >= 4 is 11.9 Å². The summed E-state index contributed by atoms with van der Waals surface area (Å²) >= 11 is 0. The van der Waals surface area contributed by atoms with Crippen LogP contribution in [0.15, 0.2) is 0 Å². The Labute approximate surface area is 193 Å². The van der Waals surface area contributed by atoms with Gasteiger partial charge < -0.3 is 29.6 Å². The molecule has 0 spiro atoms. The Kier molecular flexibility index (Phi) is 36.7. The van der Waals surface area contributed by atoms with E-state index in [0.717, 1.165) is 51.6 Å². The van der Waals surface area contributed by atoms with Gasteiger partial charge in [-0.2, -0.15) is 0 Å². The molecule has 7 heteroatoms. The zero-order chi connectivity index (χ0) is 22.2. The number of aliphatic carboxylic acids is 2. The van der Waals surface area contributed by atoms with E-state index < -0.39 is 11.9 Å². The maximum atomic E-state index is 9.92. The summed E-state index contributed by atoms with van der Waals surface area (Å²) in [5.41, 5.74) is 0. The largest absolute Gasteiger partial charge is 2.00 e. The molecular formula is C22H46N2O4Zn. The molecule has 0 aliphatic heterocycles. The molecular weight excluding hydrogens is 422 g/mol. The minimum atomic E-state index is -0.920. The third-order valence-corrected chi connectivity index (χ3v) is 3.96. The molecule has 0 radical (unpaired) electrons. The second-order valence-corrected chi connectivity index (χ2v) is 7.68. The van der Waals surface area contributed by atoms with E-state index in [0.29, 0.717) is 0 Å². The van der Waals surface area contributed by atoms with Crippen molar-refractivity contribution < 1.29 is 39.3 Å². The van der Waals surface area contributed by atoms with E-state index in [9.17, 15) is 19.8 Å². The van der Waals surface area contributed by atoms with Crippen molar-refractivity contribution in [3.63, 3.8) is 0 Å². The molecule has 0 amide bonds. The second kappa shape index (κ2) is 29.7. The number of hydrogen-bond donors (Lipinski definition) is 0. The monoisotopic (exact) mass is 466 g/mol. The molecule has 170 valence electrons. The van der Waals surface area contributed by atoms with Crippen LogP contribution < -0.4 is 10.2 Å². The van der Waals surface area contributed by atoms with Crippen LogP contribution >= 0.6 is 0 Å². The molecule has 0 aliphatic carbocycles. The van der Waals surface area contributed by atoms with E-state index in [-0.39, 0.29) is 32.3 Å². The van der Waals surface area contributed by atoms with Crippen LogP contribution in [0.5, 0.6) is 0 Å². The normalized spacial score (nSPS) is 9.79. The summed E-state index contributed by atoms with van der Waals surface area (Å²) in [4.78, 5) is 24.2. The van der Waals surface area contributed by atoms with E-state index in [1.165, 1.54) is 25.7 Å². The Morgan fingerprint density at radius 1 is 0.586 bits per heavy atom. The number of rotatable bonds is 15. The van der Waals surface area contributed by atoms with E-state index in [4.69, 9.17) is 0 Å². The molecule has 0 rings (SSSR count). The molecule has 0 aliphatic rings. The molecule has 29 heavy (non-hydrogen) atoms. The molecule has 0 atom stereocenters. The van der Waals surface area contributed by atoms with Gasteiger partial charge in [0, 0.05) is 25.0 Å². The van der Waals surface area contributed by atoms with Crippen LogP contribution in [0.1, 0.15) is 90.9 Å². The third-order valence-electron chi connectivity index (χ3n) is 3.96. The SMILES string of the molecule is CCCCCCCC(=O)[O-].CCCCCCCC(=O)[O-].CN(C)CCN(C)C.[Zn+2]. The van der Waals surface area contributed by atoms with Crippen LogP contribution in [0, 0.1) is 0 Å². The maximum Gasteiger partial charge on any atom is 2.00 e. The van der Waals surface area contributed by atoms with E-state index in [1.807, 2.05) is 0 Å². The second-order valence-electron chi connectivity index (χ2n) is 7.68. The molecule has 0 aromatic heterocycles. The minimum Gasteiger partial charge on any atom is -0.550 e. The Balaban J connectivity index is -0.000000160. The van der Waals surface area contributed by atoms with Gasteiger partial charge >= 0.3 is 19.5 Å². The van der Waals surface area contributed by atoms with Crippen LogP contribution in [-0.4, -0.2) is 63.0 Å². The Bertz CT molecular complexity index is 309. The quantitative estimate of drug-likeness (QED) is 0.271. The number of carboxylic acids is 2. The number of nitrogens with zero attached hydrogens (tertiary/aromatic N) is 2. The fourth-order valence-electron chi connectivity index (χ4n) is 2.15. The summed E-state index contributed by atoms with van der Waals surface area (Å²) in [6.07, 6.45) is 11.2. The fourth-order valence-corrected chi connectivity index (χ4v) is 2.15. The predicted molar refractivity (Wildman–Crippen MR) is 114 cm³/mol. The van der Waals surface area contributed by atoms with Gasteiger partial charge in [-0.15, -0.1) is 0 Å². The first kappa shape index (κ1) is 35.9. The maximum absolute atomic E-state index is 9.92. The molecule has 0 bridgehead atoms. The van der Waals surface area contributed by atoms with Crippen molar-refractivity contribution in [2.45, 2.75) is 90.9 Å². The molecule has 0 unspecified atom stereocenters. The zero-order valence-corrected chi connectivity index (χ0v) is 23.1. The van der Waals surface area contributed by atoms with Gasteiger partial charge in [0.1, 0.15) is 0 Å². The zero-order valence-electron chi connectivity index (χ0n) is 20.1. The van der Waals surface area contributed by atoms with Gasteiger partial charge in [0.25, 0.3) is 0 Å². The summed E-state index contributed by atoms with van der Waals surface area (Å²) in [5, 5.41) is 19.8. The first-order chi connectivity index (χ1) is 13.2. The van der Waals surface area contributed by atoms with Crippen molar-refractivity contribution in [3.05, 3.63) is 0 Å². The molecule has 0 N–H and O–H groups in total. The van der Waals surface area contributed by atoms with Crippen molar-refractivity contribution in [2.75, 3.05) is 41.3 Å². The number of carbonyl (C=O) groups is 2. The predicted octanol–water partition coefficient (Wildman–Crippen LogP) is 2.30. The number of likely N-dealkylation sites (N-methyl/N-ethyl adjacent to an activating group) is 2. The summed E-state index contributed by atoms with van der Waals surface area (Å²) < 4.78 is 0. The minimum absolute atomic E-state index is 0. The van der Waals surface area contributed by atoms with E-state index in [1.54, 1.807) is 0 Å².